The Morgan fingerprint density at radius 2 is 2.44 bits per heavy atom. The van der Waals surface area contributed by atoms with Crippen LogP contribution in [0.3, 0.4) is 0 Å². The Balaban J connectivity index is 2.38. The highest BCUT2D eigenvalue weighted by Gasteiger charge is 2.12. The van der Waals surface area contributed by atoms with Crippen molar-refractivity contribution in [2.75, 3.05) is 0 Å². The molecule has 0 fully saturated rings. The quantitative estimate of drug-likeness (QED) is 0.524. The van der Waals surface area contributed by atoms with Crippen LogP contribution in [-0.2, 0) is 4.74 Å². The van der Waals surface area contributed by atoms with Crippen molar-refractivity contribution < 1.29 is 4.74 Å². The predicted molar refractivity (Wildman–Crippen MR) is 38.1 cm³/mol. The number of hydrogen-bond acceptors (Lipinski definition) is 1. The summed E-state index contributed by atoms with van der Waals surface area (Å²) in [6, 6.07) is 0. The molecule has 1 nitrogen and oxygen atoms in total. The van der Waals surface area contributed by atoms with Crippen LogP contribution in [-0.4, -0.2) is 6.10 Å². The van der Waals surface area contributed by atoms with Crippen LogP contribution >= 0.6 is 0 Å². The molecule has 0 aromatic carbocycles. The van der Waals surface area contributed by atoms with Crippen molar-refractivity contribution in [3.63, 3.8) is 0 Å². The van der Waals surface area contributed by atoms with Crippen LogP contribution in [0.2, 0.25) is 0 Å². The van der Waals surface area contributed by atoms with Crippen molar-refractivity contribution in [3.8, 4) is 0 Å². The van der Waals surface area contributed by atoms with E-state index in [1.165, 1.54) is 6.42 Å². The molecule has 1 heteroatoms. The Labute approximate surface area is 56.7 Å². The second-order valence-corrected chi connectivity index (χ2v) is 2.71. The fraction of sp³-hybridized carbons (Fsp3) is 0.750. The first-order chi connectivity index (χ1) is 4.33. The van der Waals surface area contributed by atoms with Crippen LogP contribution in [0, 0.1) is 5.92 Å². The predicted octanol–water partition coefficient (Wildman–Crippen LogP) is 2.34. The van der Waals surface area contributed by atoms with Gasteiger partial charge in [-0.15, -0.1) is 0 Å². The molecule has 9 heavy (non-hydrogen) atoms. The minimum absolute atomic E-state index is 0.477. The third kappa shape index (κ3) is 1.74. The molecule has 0 saturated heterocycles. The van der Waals surface area contributed by atoms with E-state index in [4.69, 9.17) is 4.74 Å². The van der Waals surface area contributed by atoms with E-state index < -0.39 is 0 Å². The van der Waals surface area contributed by atoms with Crippen LogP contribution < -0.4 is 0 Å². The van der Waals surface area contributed by atoms with Crippen LogP contribution in [0.1, 0.15) is 26.7 Å². The van der Waals surface area contributed by atoms with E-state index in [1.54, 1.807) is 0 Å². The maximum absolute atomic E-state index is 5.32. The molecule has 0 radical (unpaired) electrons. The highest BCUT2D eigenvalue weighted by Crippen LogP contribution is 2.18. The maximum atomic E-state index is 5.32. The van der Waals surface area contributed by atoms with Gasteiger partial charge in [0.05, 0.1) is 12.4 Å². The van der Waals surface area contributed by atoms with E-state index in [-0.39, 0.29) is 0 Å². The first-order valence-corrected chi connectivity index (χ1v) is 3.65. The van der Waals surface area contributed by atoms with Crippen molar-refractivity contribution in [2.24, 2.45) is 5.92 Å². The molecular formula is C8H14O. The zero-order chi connectivity index (χ0) is 6.69. The topological polar surface area (TPSA) is 9.23 Å². The highest BCUT2D eigenvalue weighted by molar-refractivity contribution is 4.87. The number of rotatable bonds is 1. The molecular weight excluding hydrogens is 112 g/mol. The van der Waals surface area contributed by atoms with E-state index >= 15 is 0 Å². The van der Waals surface area contributed by atoms with Gasteiger partial charge in [-0.25, -0.2) is 0 Å². The molecule has 0 saturated carbocycles. The molecule has 2 atom stereocenters. The van der Waals surface area contributed by atoms with Crippen LogP contribution in [0.15, 0.2) is 12.3 Å². The van der Waals surface area contributed by atoms with Gasteiger partial charge in [0.2, 0.25) is 0 Å². The Morgan fingerprint density at radius 3 is 2.89 bits per heavy atom. The van der Waals surface area contributed by atoms with Gasteiger partial charge < -0.3 is 4.74 Å². The lowest BCUT2D eigenvalue weighted by atomic mass is 10.0. The molecule has 1 aliphatic rings. The van der Waals surface area contributed by atoms with Crippen molar-refractivity contribution >= 4 is 0 Å². The van der Waals surface area contributed by atoms with Crippen LogP contribution in [0.5, 0.6) is 0 Å². The molecule has 0 aliphatic carbocycles. The molecule has 1 heterocycles. The molecule has 0 bridgehead atoms. The van der Waals surface area contributed by atoms with Gasteiger partial charge in [-0.05, 0) is 24.8 Å². The Bertz CT molecular complexity index is 107. The normalized spacial score (nSPS) is 34.0. The van der Waals surface area contributed by atoms with Gasteiger partial charge in [-0.3, -0.25) is 0 Å². The van der Waals surface area contributed by atoms with Crippen molar-refractivity contribution in [3.05, 3.63) is 12.3 Å². The van der Waals surface area contributed by atoms with E-state index in [0.717, 1.165) is 6.42 Å². The summed E-state index contributed by atoms with van der Waals surface area (Å²) in [6.07, 6.45) is 6.75. The second-order valence-electron chi connectivity index (χ2n) is 2.71. The Kier molecular flexibility index (Phi) is 2.15. The fourth-order valence-corrected chi connectivity index (χ4v) is 1.10. The summed E-state index contributed by atoms with van der Waals surface area (Å²) in [4.78, 5) is 0. The standard InChI is InChI=1S/C8H14O/c1-3-8-6-7(2)4-5-9-8/h4-5,7-8H,3,6H2,1-2H3. The van der Waals surface area contributed by atoms with Crippen molar-refractivity contribution in [2.45, 2.75) is 32.8 Å². The van der Waals surface area contributed by atoms with Gasteiger partial charge in [-0.1, -0.05) is 13.8 Å². The van der Waals surface area contributed by atoms with Crippen molar-refractivity contribution in [1.82, 2.24) is 0 Å². The summed E-state index contributed by atoms with van der Waals surface area (Å²) in [5.41, 5.74) is 0. The van der Waals surface area contributed by atoms with E-state index in [2.05, 4.69) is 19.9 Å². The van der Waals surface area contributed by atoms with E-state index in [1.807, 2.05) is 6.26 Å². The fourth-order valence-electron chi connectivity index (χ4n) is 1.10. The number of hydrogen-bond donors (Lipinski definition) is 0. The van der Waals surface area contributed by atoms with Gasteiger partial charge >= 0.3 is 0 Å². The lowest BCUT2D eigenvalue weighted by molar-refractivity contribution is 0.105. The lowest BCUT2D eigenvalue weighted by Gasteiger charge is -2.21. The summed E-state index contributed by atoms with van der Waals surface area (Å²) in [5.74, 6) is 0.712. The zero-order valence-electron chi connectivity index (χ0n) is 6.13. The minimum atomic E-state index is 0.477. The SMILES string of the molecule is CCC1CC(C)C=CO1. The minimum Gasteiger partial charge on any atom is -0.498 e. The Hall–Kier alpha value is -0.460. The summed E-state index contributed by atoms with van der Waals surface area (Å²) >= 11 is 0. The van der Waals surface area contributed by atoms with Crippen molar-refractivity contribution in [1.29, 1.82) is 0 Å². The third-order valence-electron chi connectivity index (χ3n) is 1.77. The molecule has 0 aromatic heterocycles. The van der Waals surface area contributed by atoms with Crippen LogP contribution in [0.25, 0.3) is 0 Å². The van der Waals surface area contributed by atoms with E-state index in [0.29, 0.717) is 12.0 Å². The number of allylic oxidation sites excluding steroid dienone is 1. The van der Waals surface area contributed by atoms with Gasteiger partial charge in [0, 0.05) is 0 Å². The monoisotopic (exact) mass is 126 g/mol. The van der Waals surface area contributed by atoms with Gasteiger partial charge in [0.1, 0.15) is 0 Å². The highest BCUT2D eigenvalue weighted by atomic mass is 16.5. The largest absolute Gasteiger partial charge is 0.498 e. The average molecular weight is 126 g/mol. The average Bonchev–Trinajstić information content (AvgIpc) is 1.88. The molecule has 1 aliphatic heterocycles. The molecule has 52 valence electrons. The molecule has 0 aromatic rings. The molecule has 0 spiro atoms. The van der Waals surface area contributed by atoms with Gasteiger partial charge in [-0.2, -0.15) is 0 Å². The summed E-state index contributed by atoms with van der Waals surface area (Å²) in [6.45, 7) is 4.39. The summed E-state index contributed by atoms with van der Waals surface area (Å²) in [5, 5.41) is 0. The maximum Gasteiger partial charge on any atom is 0.0981 e. The van der Waals surface area contributed by atoms with Gasteiger partial charge in [0.15, 0.2) is 0 Å². The molecule has 0 amide bonds. The molecule has 1 rings (SSSR count). The first kappa shape index (κ1) is 6.66. The Morgan fingerprint density at radius 1 is 1.67 bits per heavy atom. The lowest BCUT2D eigenvalue weighted by Crippen LogP contribution is -2.15. The van der Waals surface area contributed by atoms with Gasteiger partial charge in [0.25, 0.3) is 0 Å². The zero-order valence-corrected chi connectivity index (χ0v) is 6.13. The first-order valence-electron chi connectivity index (χ1n) is 3.65. The number of ether oxygens (including phenoxy) is 1. The smallest absolute Gasteiger partial charge is 0.0981 e. The summed E-state index contributed by atoms with van der Waals surface area (Å²) < 4.78 is 5.32. The third-order valence-corrected chi connectivity index (χ3v) is 1.77. The molecule has 0 N–H and O–H groups in total. The van der Waals surface area contributed by atoms with E-state index in [9.17, 15) is 0 Å². The van der Waals surface area contributed by atoms with Crippen LogP contribution in [0.4, 0.5) is 0 Å². The summed E-state index contributed by atoms with van der Waals surface area (Å²) in [7, 11) is 0. The second kappa shape index (κ2) is 2.90. The molecule has 2 unspecified atom stereocenters.